The summed E-state index contributed by atoms with van der Waals surface area (Å²) in [5, 5.41) is 35.7. The molecule has 8 aromatic heterocycles. The van der Waals surface area contributed by atoms with E-state index in [2.05, 4.69) is 125 Å². The minimum absolute atomic E-state index is 0.181. The summed E-state index contributed by atoms with van der Waals surface area (Å²) >= 11 is 11.1. The molecule has 0 unspecified atom stereocenters. The number of nitrogens with zero attached hydrogens (tertiary/aromatic N) is 14. The summed E-state index contributed by atoms with van der Waals surface area (Å²) in [6.07, 6.45) is 13.4. The van der Waals surface area contributed by atoms with Crippen LogP contribution in [0.5, 0.6) is 0 Å². The SMILES string of the molecule is Brc1cccc(Br)n1.C=CCn1c(=O)c2cnc(Nc3ccc(N4CCC5(CCN(C)CC5)CC4)cc3)nc2n1-c1cccc(C2(O)COC2)n1.C=CCn1c(=O)c2cnc(SC)nc2n1-c1cccc(C2(O)COC2)n1.OC1(c2cccc(Br)n2)COC1. The molecule has 1 spiro atoms. The van der Waals surface area contributed by atoms with E-state index in [0.717, 1.165) is 32.6 Å². The van der Waals surface area contributed by atoms with Crippen molar-refractivity contribution in [2.75, 3.05) is 89.3 Å². The van der Waals surface area contributed by atoms with Crippen LogP contribution in [0.2, 0.25) is 0 Å². The number of allylic oxidation sites excluding steroid dienone is 2. The normalized spacial score (nSPS) is 17.7. The van der Waals surface area contributed by atoms with Crippen LogP contribution in [0, 0.1) is 5.41 Å². The van der Waals surface area contributed by atoms with E-state index in [1.807, 2.05) is 48.7 Å². The van der Waals surface area contributed by atoms with Gasteiger partial charge in [0.15, 0.2) is 44.9 Å². The van der Waals surface area contributed by atoms with Crippen LogP contribution in [0.1, 0.15) is 42.8 Å². The van der Waals surface area contributed by atoms with Gasteiger partial charge in [0.2, 0.25) is 5.95 Å². The topological polar surface area (TPSA) is 264 Å². The molecule has 5 aliphatic rings. The van der Waals surface area contributed by atoms with E-state index in [1.54, 1.807) is 70.2 Å². The molecule has 13 heterocycles. The molecule has 27 heteroatoms. The molecule has 0 saturated carbocycles. The second-order valence-electron chi connectivity index (χ2n) is 22.4. The van der Waals surface area contributed by atoms with Crippen molar-refractivity contribution < 1.29 is 29.5 Å². The highest BCUT2D eigenvalue weighted by Crippen LogP contribution is 2.42. The number of fused-ring (bicyclic) bond motifs is 2. The van der Waals surface area contributed by atoms with Gasteiger partial charge in [-0.15, -0.1) is 13.2 Å². The fourth-order valence-electron chi connectivity index (χ4n) is 10.9. The quantitative estimate of drug-likeness (QED) is 0.0367. The third kappa shape index (κ3) is 13.9. The monoisotopic (exact) mass is 1420 g/mol. The number of piperidine rings is 2. The number of thioether (sulfide) groups is 1. The van der Waals surface area contributed by atoms with Gasteiger partial charge >= 0.3 is 0 Å². The number of pyridine rings is 4. The summed E-state index contributed by atoms with van der Waals surface area (Å²) in [4.78, 5) is 66.3. The van der Waals surface area contributed by atoms with Gasteiger partial charge in [0.1, 0.15) is 24.6 Å². The number of anilines is 3. The van der Waals surface area contributed by atoms with E-state index in [1.165, 1.54) is 71.8 Å². The number of hydrogen-bond donors (Lipinski definition) is 4. The zero-order valence-electron chi connectivity index (χ0n) is 49.0. The van der Waals surface area contributed by atoms with Crippen LogP contribution in [-0.4, -0.2) is 158 Å². The summed E-state index contributed by atoms with van der Waals surface area (Å²) in [6, 6.07) is 30.2. The minimum Gasteiger partial charge on any atom is -0.379 e. The van der Waals surface area contributed by atoms with E-state index in [4.69, 9.17) is 24.2 Å². The van der Waals surface area contributed by atoms with Crippen molar-refractivity contribution in [3.63, 3.8) is 0 Å². The molecule has 5 saturated heterocycles. The molecule has 1 aromatic carbocycles. The number of aliphatic hydroxyl groups is 3. The zero-order valence-corrected chi connectivity index (χ0v) is 54.5. The van der Waals surface area contributed by atoms with Gasteiger partial charge in [0.25, 0.3) is 11.1 Å². The molecule has 89 heavy (non-hydrogen) atoms. The predicted octanol–water partition coefficient (Wildman–Crippen LogP) is 8.21. The molecule has 5 fully saturated rings. The van der Waals surface area contributed by atoms with Crippen molar-refractivity contribution in [2.24, 2.45) is 5.41 Å². The van der Waals surface area contributed by atoms with Gasteiger partial charge in [-0.05, 0) is 178 Å². The predicted molar refractivity (Wildman–Crippen MR) is 350 cm³/mol. The molecule has 0 amide bonds. The maximum absolute atomic E-state index is 13.3. The summed E-state index contributed by atoms with van der Waals surface area (Å²) in [5.41, 5.74) is 1.59. The van der Waals surface area contributed by atoms with Gasteiger partial charge < -0.3 is 44.6 Å². The molecule has 0 radical (unpaired) electrons. The second-order valence-corrected chi connectivity index (χ2v) is 25.6. The number of hydrogen-bond acceptors (Lipinski definition) is 20. The molecular weight excluding hydrogens is 1350 g/mol. The summed E-state index contributed by atoms with van der Waals surface area (Å²) in [7, 11) is 2.23. The van der Waals surface area contributed by atoms with Crippen LogP contribution < -0.4 is 21.3 Å². The van der Waals surface area contributed by atoms with Crippen LogP contribution in [0.4, 0.5) is 17.3 Å². The van der Waals surface area contributed by atoms with Crippen LogP contribution in [0.15, 0.2) is 163 Å². The molecule has 464 valence electrons. The van der Waals surface area contributed by atoms with Crippen molar-refractivity contribution in [1.82, 2.24) is 63.5 Å². The van der Waals surface area contributed by atoms with Crippen molar-refractivity contribution in [1.29, 1.82) is 0 Å². The molecule has 14 rings (SSSR count). The molecule has 4 N–H and O–H groups in total. The van der Waals surface area contributed by atoms with Crippen molar-refractivity contribution >= 4 is 98.9 Å². The van der Waals surface area contributed by atoms with E-state index < -0.39 is 16.8 Å². The molecule has 5 aliphatic heterocycles. The Balaban J connectivity index is 0.000000148. The van der Waals surface area contributed by atoms with Crippen LogP contribution >= 0.6 is 59.6 Å². The molecule has 9 aromatic rings. The molecule has 0 bridgehead atoms. The first-order valence-electron chi connectivity index (χ1n) is 28.7. The number of benzene rings is 1. The first kappa shape index (κ1) is 63.7. The lowest BCUT2D eigenvalue weighted by atomic mass is 9.71. The Labute approximate surface area is 541 Å². The number of ether oxygens (including phenoxy) is 3. The van der Waals surface area contributed by atoms with E-state index in [9.17, 15) is 24.9 Å². The van der Waals surface area contributed by atoms with Gasteiger partial charge in [0, 0.05) is 36.9 Å². The average Bonchev–Trinajstić information content (AvgIpc) is 1.68. The lowest BCUT2D eigenvalue weighted by molar-refractivity contribution is -0.187. The maximum Gasteiger partial charge on any atom is 0.278 e. The Morgan fingerprint density at radius 2 is 1.01 bits per heavy atom. The highest BCUT2D eigenvalue weighted by atomic mass is 79.9. The van der Waals surface area contributed by atoms with Gasteiger partial charge in [-0.25, -0.2) is 53.6 Å². The highest BCUT2D eigenvalue weighted by molar-refractivity contribution is 9.11. The maximum atomic E-state index is 13.3. The highest BCUT2D eigenvalue weighted by Gasteiger charge is 2.42. The zero-order chi connectivity index (χ0) is 62.5. The van der Waals surface area contributed by atoms with Gasteiger partial charge in [-0.3, -0.25) is 9.59 Å². The number of aromatic nitrogens is 12. The molecule has 0 atom stereocenters. The van der Waals surface area contributed by atoms with E-state index in [0.29, 0.717) is 87.1 Å². The largest absolute Gasteiger partial charge is 0.379 e. The fraction of sp³-hybridized carbons (Fsp3) is 0.355. The number of likely N-dealkylation sites (tertiary alicyclic amines) is 1. The van der Waals surface area contributed by atoms with Crippen LogP contribution in [-0.2, 0) is 44.1 Å². The molecule has 23 nitrogen and oxygen atoms in total. The third-order valence-corrected chi connectivity index (χ3v) is 18.1. The van der Waals surface area contributed by atoms with Gasteiger partial charge in [-0.2, -0.15) is 4.98 Å². The average molecular weight is 1420 g/mol. The third-order valence-electron chi connectivity index (χ3n) is 16.3. The lowest BCUT2D eigenvalue weighted by Crippen LogP contribution is -2.47. The Morgan fingerprint density at radius 3 is 1.45 bits per heavy atom. The van der Waals surface area contributed by atoms with E-state index in [-0.39, 0.29) is 44.1 Å². The Hall–Kier alpha value is -6.89. The van der Waals surface area contributed by atoms with Gasteiger partial charge in [0.05, 0.1) is 69.8 Å². The number of nitrogens with one attached hydrogen (secondary N) is 1. The number of halogens is 3. The standard InChI is InChI=1S/C32H38N8O3.C17H17N5O3S.C8H8BrNO2.C5H3Br2N/c1-3-15-39-29(41)25-20-33-30(36-28(25)40(39)27-6-4-5-26(35-27)32(42)21-43-22-32)34-23-7-9-24(10-8-23)38-18-13-31(14-19-38)11-16-37(2)17-12-31;1-3-7-21-15(23)11-8-18-16(26-2)20-14(11)22(21)13-6-4-5-12(19-13)17(24)9-25-10-17;9-7-3-1-2-6(10-7)8(11)4-12-5-8;6-4-2-1-3-5(7)8-4/h3-10,20,42H,1,11-19,21-22H2,2H3,(H,33,34,36);3-6,8,24H,1,7,9-10H2,2H3;1-3,11H,4-5H2;1-3H. The molecule has 0 aliphatic carbocycles. The van der Waals surface area contributed by atoms with Crippen molar-refractivity contribution in [2.45, 2.75) is 60.7 Å². The summed E-state index contributed by atoms with van der Waals surface area (Å²) in [6.45, 7) is 14.2. The summed E-state index contributed by atoms with van der Waals surface area (Å²) < 4.78 is 24.0. The summed E-state index contributed by atoms with van der Waals surface area (Å²) in [5.74, 6) is 1.32. The Morgan fingerprint density at radius 1 is 0.573 bits per heavy atom. The first-order valence-corrected chi connectivity index (χ1v) is 32.3. The van der Waals surface area contributed by atoms with Crippen molar-refractivity contribution in [3.8, 4) is 11.6 Å². The van der Waals surface area contributed by atoms with Crippen LogP contribution in [0.25, 0.3) is 33.7 Å². The fourth-order valence-corrected chi connectivity index (χ4v) is 12.5. The van der Waals surface area contributed by atoms with Crippen LogP contribution in [0.3, 0.4) is 0 Å². The minimum atomic E-state index is -1.14. The number of rotatable bonds is 13. The van der Waals surface area contributed by atoms with Gasteiger partial charge in [-0.1, -0.05) is 48.2 Å². The molecular formula is C62H66Br3N15O8S. The smallest absolute Gasteiger partial charge is 0.278 e. The second kappa shape index (κ2) is 27.3. The lowest BCUT2D eigenvalue weighted by Gasteiger charge is -2.46. The van der Waals surface area contributed by atoms with E-state index >= 15 is 0 Å². The Bertz CT molecular complexity index is 4120. The van der Waals surface area contributed by atoms with Crippen molar-refractivity contribution in [3.05, 3.63) is 186 Å². The first-order chi connectivity index (χ1) is 42.9. The Kier molecular flexibility index (Phi) is 19.5.